The number of aromatic amines is 1. The van der Waals surface area contributed by atoms with Crippen molar-refractivity contribution in [3.05, 3.63) is 60.3 Å². The van der Waals surface area contributed by atoms with Crippen LogP contribution in [0.25, 0.3) is 11.3 Å². The predicted molar refractivity (Wildman–Crippen MR) is 87.2 cm³/mol. The van der Waals surface area contributed by atoms with Crippen molar-refractivity contribution in [3.63, 3.8) is 0 Å². The summed E-state index contributed by atoms with van der Waals surface area (Å²) in [6.07, 6.45) is 5.55. The van der Waals surface area contributed by atoms with Gasteiger partial charge in [0.05, 0.1) is 17.9 Å². The molecule has 0 saturated carbocycles. The molecule has 0 bridgehead atoms. The molecule has 23 heavy (non-hydrogen) atoms. The highest BCUT2D eigenvalue weighted by atomic mass is 19.1. The average Bonchev–Trinajstić information content (AvgIpc) is 3.24. The number of hydrogen-bond acceptors (Lipinski definition) is 3. The second kappa shape index (κ2) is 6.75. The molecule has 0 saturated heterocycles. The molecule has 0 amide bonds. The Hall–Kier alpha value is -2.47. The number of H-pyrrole nitrogens is 1. The largest absolute Gasteiger partial charge is 0.308 e. The van der Waals surface area contributed by atoms with E-state index in [9.17, 15) is 4.39 Å². The number of aromatic nitrogens is 4. The molecule has 0 radical (unpaired) electrons. The molecule has 1 aromatic carbocycles. The number of nitrogens with one attached hydrogen (secondary N) is 2. The zero-order valence-electron chi connectivity index (χ0n) is 13.2. The van der Waals surface area contributed by atoms with Gasteiger partial charge in [-0.1, -0.05) is 0 Å². The zero-order valence-corrected chi connectivity index (χ0v) is 13.2. The van der Waals surface area contributed by atoms with E-state index in [1.807, 2.05) is 16.9 Å². The molecule has 120 valence electrons. The molecule has 3 aromatic rings. The number of hydrogen-bond donors (Lipinski definition) is 2. The van der Waals surface area contributed by atoms with Crippen molar-refractivity contribution in [3.8, 4) is 11.3 Å². The lowest BCUT2D eigenvalue weighted by Crippen LogP contribution is -2.33. The minimum atomic E-state index is -0.241. The van der Waals surface area contributed by atoms with Crippen molar-refractivity contribution in [1.82, 2.24) is 25.3 Å². The third-order valence-corrected chi connectivity index (χ3v) is 4.13. The number of benzene rings is 1. The fourth-order valence-electron chi connectivity index (χ4n) is 2.50. The second-order valence-corrected chi connectivity index (χ2v) is 5.67. The SMILES string of the molecule is C[C@H](NCc1cn[nH]c1-c1ccc(F)cc1)[C@@H](C)n1cccn1. The second-order valence-electron chi connectivity index (χ2n) is 5.67. The highest BCUT2D eigenvalue weighted by molar-refractivity contribution is 5.62. The Balaban J connectivity index is 1.67. The van der Waals surface area contributed by atoms with Gasteiger partial charge in [0, 0.05) is 36.1 Å². The monoisotopic (exact) mass is 313 g/mol. The Morgan fingerprint density at radius 1 is 1.26 bits per heavy atom. The van der Waals surface area contributed by atoms with Gasteiger partial charge in [-0.2, -0.15) is 10.2 Å². The molecular weight excluding hydrogens is 293 g/mol. The lowest BCUT2D eigenvalue weighted by molar-refractivity contribution is 0.365. The van der Waals surface area contributed by atoms with Gasteiger partial charge in [0.15, 0.2) is 0 Å². The van der Waals surface area contributed by atoms with E-state index < -0.39 is 0 Å². The molecule has 0 fully saturated rings. The van der Waals surface area contributed by atoms with E-state index in [0.29, 0.717) is 6.54 Å². The highest BCUT2D eigenvalue weighted by Crippen LogP contribution is 2.21. The first-order valence-corrected chi connectivity index (χ1v) is 7.66. The van der Waals surface area contributed by atoms with Gasteiger partial charge in [-0.3, -0.25) is 9.78 Å². The average molecular weight is 313 g/mol. The van der Waals surface area contributed by atoms with Crippen LogP contribution in [0, 0.1) is 5.82 Å². The fraction of sp³-hybridized carbons (Fsp3) is 0.294. The molecule has 5 nitrogen and oxygen atoms in total. The van der Waals surface area contributed by atoms with Gasteiger partial charge < -0.3 is 5.32 Å². The van der Waals surface area contributed by atoms with Gasteiger partial charge in [0.2, 0.25) is 0 Å². The van der Waals surface area contributed by atoms with Gasteiger partial charge in [-0.25, -0.2) is 4.39 Å². The first kappa shape index (κ1) is 15.4. The van der Waals surface area contributed by atoms with Crippen LogP contribution in [0.3, 0.4) is 0 Å². The fourth-order valence-corrected chi connectivity index (χ4v) is 2.50. The topological polar surface area (TPSA) is 58.5 Å². The lowest BCUT2D eigenvalue weighted by Gasteiger charge is -2.21. The van der Waals surface area contributed by atoms with Crippen LogP contribution in [0.4, 0.5) is 4.39 Å². The van der Waals surface area contributed by atoms with Crippen molar-refractivity contribution >= 4 is 0 Å². The Bertz CT molecular complexity index is 733. The molecule has 3 rings (SSSR count). The molecule has 0 aliphatic heterocycles. The standard InChI is InChI=1S/C17H20FN5/c1-12(13(2)23-9-3-8-21-23)19-10-15-11-20-22-17(15)14-4-6-16(18)7-5-14/h3-9,11-13,19H,10H2,1-2H3,(H,20,22)/t12-,13+/m0/s1. The quantitative estimate of drug-likeness (QED) is 0.735. The van der Waals surface area contributed by atoms with Gasteiger partial charge in [0.25, 0.3) is 0 Å². The van der Waals surface area contributed by atoms with Crippen molar-refractivity contribution in [1.29, 1.82) is 0 Å². The van der Waals surface area contributed by atoms with Crippen LogP contribution in [0.15, 0.2) is 48.9 Å². The van der Waals surface area contributed by atoms with Gasteiger partial charge >= 0.3 is 0 Å². The molecule has 2 heterocycles. The minimum absolute atomic E-state index is 0.241. The third-order valence-electron chi connectivity index (χ3n) is 4.13. The summed E-state index contributed by atoms with van der Waals surface area (Å²) in [5, 5.41) is 14.9. The Kier molecular flexibility index (Phi) is 4.52. The van der Waals surface area contributed by atoms with Crippen LogP contribution in [0.1, 0.15) is 25.5 Å². The van der Waals surface area contributed by atoms with E-state index in [-0.39, 0.29) is 17.9 Å². The Labute approximate surface area is 134 Å². The van der Waals surface area contributed by atoms with Crippen LogP contribution in [-0.2, 0) is 6.54 Å². The molecule has 0 unspecified atom stereocenters. The van der Waals surface area contributed by atoms with E-state index in [0.717, 1.165) is 16.8 Å². The summed E-state index contributed by atoms with van der Waals surface area (Å²) < 4.78 is 15.0. The highest BCUT2D eigenvalue weighted by Gasteiger charge is 2.15. The predicted octanol–water partition coefficient (Wildman–Crippen LogP) is 3.15. The van der Waals surface area contributed by atoms with E-state index in [2.05, 4.69) is 34.5 Å². The summed E-state index contributed by atoms with van der Waals surface area (Å²) in [5.74, 6) is -0.241. The maximum absolute atomic E-state index is 13.1. The first-order chi connectivity index (χ1) is 11.1. The summed E-state index contributed by atoms with van der Waals surface area (Å²) in [5.41, 5.74) is 2.89. The molecular formula is C17H20FN5. The summed E-state index contributed by atoms with van der Waals surface area (Å²) in [7, 11) is 0. The van der Waals surface area contributed by atoms with Crippen molar-refractivity contribution in [2.75, 3.05) is 0 Å². The van der Waals surface area contributed by atoms with E-state index in [1.54, 1.807) is 24.5 Å². The van der Waals surface area contributed by atoms with Crippen molar-refractivity contribution < 1.29 is 4.39 Å². The van der Waals surface area contributed by atoms with E-state index in [4.69, 9.17) is 0 Å². The third kappa shape index (κ3) is 3.48. The van der Waals surface area contributed by atoms with Crippen LogP contribution >= 0.6 is 0 Å². The van der Waals surface area contributed by atoms with E-state index >= 15 is 0 Å². The number of nitrogens with zero attached hydrogens (tertiary/aromatic N) is 3. The van der Waals surface area contributed by atoms with Crippen molar-refractivity contribution in [2.45, 2.75) is 32.5 Å². The summed E-state index contributed by atoms with van der Waals surface area (Å²) in [4.78, 5) is 0. The van der Waals surface area contributed by atoms with E-state index in [1.165, 1.54) is 12.1 Å². The lowest BCUT2D eigenvalue weighted by atomic mass is 10.1. The maximum Gasteiger partial charge on any atom is 0.123 e. The first-order valence-electron chi connectivity index (χ1n) is 7.66. The smallest absolute Gasteiger partial charge is 0.123 e. The van der Waals surface area contributed by atoms with Crippen LogP contribution in [0.2, 0.25) is 0 Å². The van der Waals surface area contributed by atoms with Gasteiger partial charge in [0.1, 0.15) is 5.82 Å². The Morgan fingerprint density at radius 2 is 2.04 bits per heavy atom. The molecule has 2 aromatic heterocycles. The van der Waals surface area contributed by atoms with Crippen LogP contribution < -0.4 is 5.32 Å². The number of rotatable bonds is 6. The normalized spacial score (nSPS) is 13.9. The van der Waals surface area contributed by atoms with Gasteiger partial charge in [-0.15, -0.1) is 0 Å². The zero-order chi connectivity index (χ0) is 16.2. The summed E-state index contributed by atoms with van der Waals surface area (Å²) >= 11 is 0. The Morgan fingerprint density at radius 3 is 2.74 bits per heavy atom. The molecule has 0 aliphatic rings. The van der Waals surface area contributed by atoms with Crippen molar-refractivity contribution in [2.24, 2.45) is 0 Å². The molecule has 2 N–H and O–H groups in total. The van der Waals surface area contributed by atoms with Crippen LogP contribution in [0.5, 0.6) is 0 Å². The molecule has 0 aliphatic carbocycles. The molecule has 6 heteroatoms. The summed E-state index contributed by atoms with van der Waals surface area (Å²) in [6.45, 7) is 4.93. The molecule has 0 spiro atoms. The maximum atomic E-state index is 13.1. The number of halogens is 1. The minimum Gasteiger partial charge on any atom is -0.308 e. The van der Waals surface area contributed by atoms with Crippen LogP contribution in [-0.4, -0.2) is 26.0 Å². The summed E-state index contributed by atoms with van der Waals surface area (Å²) in [6, 6.07) is 8.82. The molecule has 2 atom stereocenters. The van der Waals surface area contributed by atoms with Gasteiger partial charge in [-0.05, 0) is 44.2 Å².